The number of halogens is 3. The number of amides is 2. The molecule has 1 aromatic carbocycles. The Bertz CT molecular complexity index is 416. The van der Waals surface area contributed by atoms with Gasteiger partial charge in [0.15, 0.2) is 0 Å². The zero-order valence-electron chi connectivity index (χ0n) is 10.3. The number of carbonyl (C=O) groups is 1. The lowest BCUT2D eigenvalue weighted by molar-refractivity contribution is -0.132. The van der Waals surface area contributed by atoms with Crippen molar-refractivity contribution in [3.8, 4) is 0 Å². The van der Waals surface area contributed by atoms with Crippen LogP contribution >= 0.6 is 0 Å². The Kier molecular flexibility index (Phi) is 5.17. The van der Waals surface area contributed by atoms with Crippen molar-refractivity contribution in [3.05, 3.63) is 29.8 Å². The molecule has 0 bridgehead atoms. The quantitative estimate of drug-likeness (QED) is 0.792. The molecule has 19 heavy (non-hydrogen) atoms. The van der Waals surface area contributed by atoms with Gasteiger partial charge in [-0.05, 0) is 24.6 Å². The van der Waals surface area contributed by atoms with E-state index in [4.69, 9.17) is 0 Å². The SMILES string of the molecule is CC(O)c1ccc(NC(=O)NCCC(F)(F)F)cc1. The second-order valence-electron chi connectivity index (χ2n) is 4.04. The van der Waals surface area contributed by atoms with Gasteiger partial charge in [-0.2, -0.15) is 13.2 Å². The minimum Gasteiger partial charge on any atom is -0.389 e. The predicted octanol–water partition coefficient (Wildman–Crippen LogP) is 2.81. The van der Waals surface area contributed by atoms with Gasteiger partial charge in [0.05, 0.1) is 12.5 Å². The minimum atomic E-state index is -4.29. The first-order valence-corrected chi connectivity index (χ1v) is 5.67. The normalized spacial score (nSPS) is 12.9. The first-order chi connectivity index (χ1) is 8.78. The van der Waals surface area contributed by atoms with Crippen LogP contribution in [0.2, 0.25) is 0 Å². The molecule has 0 radical (unpaired) electrons. The Morgan fingerprint density at radius 3 is 2.37 bits per heavy atom. The zero-order chi connectivity index (χ0) is 14.5. The van der Waals surface area contributed by atoms with Crippen LogP contribution in [0.25, 0.3) is 0 Å². The summed E-state index contributed by atoms with van der Waals surface area (Å²) in [5, 5.41) is 13.8. The fourth-order valence-electron chi connectivity index (χ4n) is 1.34. The van der Waals surface area contributed by atoms with Crippen LogP contribution < -0.4 is 10.6 Å². The molecule has 0 saturated carbocycles. The summed E-state index contributed by atoms with van der Waals surface area (Å²) in [5.74, 6) is 0. The van der Waals surface area contributed by atoms with Gasteiger partial charge in [0, 0.05) is 12.2 Å². The predicted molar refractivity (Wildman–Crippen MR) is 64.8 cm³/mol. The van der Waals surface area contributed by atoms with E-state index in [1.165, 1.54) is 0 Å². The van der Waals surface area contributed by atoms with Crippen LogP contribution in [-0.2, 0) is 0 Å². The molecule has 0 aliphatic carbocycles. The highest BCUT2D eigenvalue weighted by molar-refractivity contribution is 5.89. The molecule has 106 valence electrons. The van der Waals surface area contributed by atoms with Crippen LogP contribution in [-0.4, -0.2) is 23.9 Å². The summed E-state index contributed by atoms with van der Waals surface area (Å²) in [6, 6.07) is 5.66. The van der Waals surface area contributed by atoms with Gasteiger partial charge in [0.25, 0.3) is 0 Å². The Balaban J connectivity index is 2.40. The van der Waals surface area contributed by atoms with Crippen molar-refractivity contribution >= 4 is 11.7 Å². The van der Waals surface area contributed by atoms with E-state index in [-0.39, 0.29) is 0 Å². The standard InChI is InChI=1S/C12H15F3N2O2/c1-8(18)9-2-4-10(5-3-9)17-11(19)16-7-6-12(13,14)15/h2-5,8,18H,6-7H2,1H3,(H2,16,17,19). The first-order valence-electron chi connectivity index (χ1n) is 5.67. The minimum absolute atomic E-state index is 0.439. The molecule has 1 aromatic rings. The number of urea groups is 1. The summed E-state index contributed by atoms with van der Waals surface area (Å²) in [6.07, 6.45) is -5.97. The molecule has 0 aliphatic heterocycles. The number of aliphatic hydroxyl groups is 1. The van der Waals surface area contributed by atoms with E-state index in [9.17, 15) is 23.1 Å². The average Bonchev–Trinajstić information content (AvgIpc) is 2.27. The fraction of sp³-hybridized carbons (Fsp3) is 0.417. The molecule has 0 saturated heterocycles. The lowest BCUT2D eigenvalue weighted by Crippen LogP contribution is -2.31. The number of anilines is 1. The van der Waals surface area contributed by atoms with Crippen LogP contribution in [0.15, 0.2) is 24.3 Å². The largest absolute Gasteiger partial charge is 0.390 e. The molecule has 1 atom stereocenters. The van der Waals surface area contributed by atoms with Gasteiger partial charge in [-0.3, -0.25) is 0 Å². The first kappa shape index (κ1) is 15.3. The summed E-state index contributed by atoms with van der Waals surface area (Å²) < 4.78 is 35.6. The van der Waals surface area contributed by atoms with E-state index < -0.39 is 31.3 Å². The van der Waals surface area contributed by atoms with Crippen LogP contribution in [0.3, 0.4) is 0 Å². The van der Waals surface area contributed by atoms with Crippen molar-refractivity contribution in [1.29, 1.82) is 0 Å². The monoisotopic (exact) mass is 276 g/mol. The van der Waals surface area contributed by atoms with E-state index in [1.807, 2.05) is 0 Å². The van der Waals surface area contributed by atoms with Gasteiger partial charge in [-0.25, -0.2) is 4.79 Å². The Morgan fingerprint density at radius 2 is 1.89 bits per heavy atom. The molecular formula is C12H15F3N2O2. The van der Waals surface area contributed by atoms with E-state index >= 15 is 0 Å². The Labute approximate surface area is 108 Å². The van der Waals surface area contributed by atoms with Crippen LogP contribution in [0, 0.1) is 0 Å². The Hall–Kier alpha value is -1.76. The Morgan fingerprint density at radius 1 is 1.32 bits per heavy atom. The van der Waals surface area contributed by atoms with Gasteiger partial charge in [0.2, 0.25) is 0 Å². The third-order valence-electron chi connectivity index (χ3n) is 2.34. The molecule has 2 amide bonds. The molecule has 0 aromatic heterocycles. The van der Waals surface area contributed by atoms with Crippen molar-refractivity contribution in [2.45, 2.75) is 25.6 Å². The molecule has 1 rings (SSSR count). The van der Waals surface area contributed by atoms with E-state index in [2.05, 4.69) is 10.6 Å². The zero-order valence-corrected chi connectivity index (χ0v) is 10.3. The van der Waals surface area contributed by atoms with Gasteiger partial charge in [-0.1, -0.05) is 12.1 Å². The smallest absolute Gasteiger partial charge is 0.389 e. The number of benzene rings is 1. The highest BCUT2D eigenvalue weighted by Crippen LogP contribution is 2.18. The van der Waals surface area contributed by atoms with Crippen molar-refractivity contribution in [2.75, 3.05) is 11.9 Å². The average molecular weight is 276 g/mol. The highest BCUT2D eigenvalue weighted by Gasteiger charge is 2.26. The lowest BCUT2D eigenvalue weighted by atomic mass is 10.1. The fourth-order valence-corrected chi connectivity index (χ4v) is 1.34. The lowest BCUT2D eigenvalue weighted by Gasteiger charge is -2.10. The number of hydrogen-bond donors (Lipinski definition) is 3. The van der Waals surface area contributed by atoms with Crippen LogP contribution in [0.1, 0.15) is 25.0 Å². The topological polar surface area (TPSA) is 61.4 Å². The van der Waals surface area contributed by atoms with E-state index in [0.29, 0.717) is 11.3 Å². The molecule has 4 nitrogen and oxygen atoms in total. The van der Waals surface area contributed by atoms with Gasteiger partial charge < -0.3 is 15.7 Å². The molecule has 1 unspecified atom stereocenters. The van der Waals surface area contributed by atoms with Crippen molar-refractivity contribution in [3.63, 3.8) is 0 Å². The van der Waals surface area contributed by atoms with Gasteiger partial charge in [-0.15, -0.1) is 0 Å². The second-order valence-corrected chi connectivity index (χ2v) is 4.04. The number of hydrogen-bond acceptors (Lipinski definition) is 2. The molecule has 7 heteroatoms. The number of alkyl halides is 3. The highest BCUT2D eigenvalue weighted by atomic mass is 19.4. The molecule has 3 N–H and O–H groups in total. The maximum atomic E-state index is 11.9. The van der Waals surface area contributed by atoms with Crippen LogP contribution in [0.5, 0.6) is 0 Å². The molecule has 0 spiro atoms. The number of nitrogens with one attached hydrogen (secondary N) is 2. The molecule has 0 aliphatic rings. The molecule has 0 heterocycles. The summed E-state index contributed by atoms with van der Waals surface area (Å²) in [4.78, 5) is 11.3. The summed E-state index contributed by atoms with van der Waals surface area (Å²) in [7, 11) is 0. The van der Waals surface area contributed by atoms with E-state index in [0.717, 1.165) is 0 Å². The third kappa shape index (κ3) is 6.10. The summed E-state index contributed by atoms with van der Waals surface area (Å²) >= 11 is 0. The van der Waals surface area contributed by atoms with Gasteiger partial charge in [0.1, 0.15) is 0 Å². The van der Waals surface area contributed by atoms with E-state index in [1.54, 1.807) is 31.2 Å². The van der Waals surface area contributed by atoms with Crippen molar-refractivity contribution in [1.82, 2.24) is 5.32 Å². The van der Waals surface area contributed by atoms with Crippen LogP contribution in [0.4, 0.5) is 23.7 Å². The summed E-state index contributed by atoms with van der Waals surface area (Å²) in [5.41, 5.74) is 1.12. The number of aliphatic hydroxyl groups excluding tert-OH is 1. The number of carbonyl (C=O) groups excluding carboxylic acids is 1. The molecular weight excluding hydrogens is 261 g/mol. The third-order valence-corrected chi connectivity index (χ3v) is 2.34. The second kappa shape index (κ2) is 6.42. The maximum absolute atomic E-state index is 11.9. The molecule has 0 fully saturated rings. The van der Waals surface area contributed by atoms with Crippen molar-refractivity contribution < 1.29 is 23.1 Å². The van der Waals surface area contributed by atoms with Gasteiger partial charge >= 0.3 is 12.2 Å². The number of rotatable bonds is 4. The van der Waals surface area contributed by atoms with Crippen molar-refractivity contribution in [2.24, 2.45) is 0 Å². The maximum Gasteiger partial charge on any atom is 0.390 e. The summed E-state index contributed by atoms with van der Waals surface area (Å²) in [6.45, 7) is 1.13.